The third-order valence-electron chi connectivity index (χ3n) is 4.51. The molecular weight excluding hydrogens is 358 g/mol. The second kappa shape index (κ2) is 8.00. The van der Waals surface area contributed by atoms with Gasteiger partial charge in [-0.2, -0.15) is 0 Å². The number of ether oxygens (including phenoxy) is 3. The van der Waals surface area contributed by atoms with Crippen molar-refractivity contribution in [3.8, 4) is 11.5 Å². The zero-order chi connectivity index (χ0) is 20.3. The highest BCUT2D eigenvalue weighted by Crippen LogP contribution is 2.36. The van der Waals surface area contributed by atoms with Gasteiger partial charge in [0, 0.05) is 11.8 Å². The van der Waals surface area contributed by atoms with Gasteiger partial charge in [0.25, 0.3) is 5.91 Å². The predicted molar refractivity (Wildman–Crippen MR) is 106 cm³/mol. The highest BCUT2D eigenvalue weighted by molar-refractivity contribution is 6.23. The Morgan fingerprint density at radius 1 is 0.964 bits per heavy atom. The van der Waals surface area contributed by atoms with E-state index < -0.39 is 5.97 Å². The zero-order valence-corrected chi connectivity index (χ0v) is 16.2. The van der Waals surface area contributed by atoms with E-state index in [1.54, 1.807) is 57.6 Å². The topological polar surface area (TPSA) is 65.1 Å². The molecule has 1 aliphatic heterocycles. The summed E-state index contributed by atoms with van der Waals surface area (Å²) in [5.74, 6) is 0.395. The van der Waals surface area contributed by atoms with Gasteiger partial charge < -0.3 is 14.2 Å². The number of rotatable bonds is 5. The van der Waals surface area contributed by atoms with Crippen molar-refractivity contribution in [3.05, 3.63) is 70.9 Å². The van der Waals surface area contributed by atoms with E-state index in [1.807, 2.05) is 18.2 Å². The summed E-state index contributed by atoms with van der Waals surface area (Å²) < 4.78 is 15.4. The van der Waals surface area contributed by atoms with E-state index >= 15 is 0 Å². The Labute approximate surface area is 163 Å². The lowest BCUT2D eigenvalue weighted by Gasteiger charge is -2.18. The molecule has 0 N–H and O–H groups in total. The van der Waals surface area contributed by atoms with Crippen LogP contribution >= 0.6 is 0 Å². The molecule has 0 spiro atoms. The minimum atomic E-state index is -0.564. The van der Waals surface area contributed by atoms with Gasteiger partial charge in [-0.1, -0.05) is 18.2 Å². The molecule has 1 aliphatic rings. The summed E-state index contributed by atoms with van der Waals surface area (Å²) in [5.41, 5.74) is 2.35. The average Bonchev–Trinajstić information content (AvgIpc) is 2.97. The summed E-state index contributed by atoms with van der Waals surface area (Å²) in [7, 11) is 4.42. The molecule has 0 radical (unpaired) electrons. The molecule has 0 aromatic heterocycles. The van der Waals surface area contributed by atoms with E-state index in [0.717, 1.165) is 5.56 Å². The third-order valence-corrected chi connectivity index (χ3v) is 4.51. The van der Waals surface area contributed by atoms with Gasteiger partial charge in [-0.05, 0) is 42.8 Å². The molecule has 0 saturated carbocycles. The summed E-state index contributed by atoms with van der Waals surface area (Å²) in [6.07, 6.45) is 1.67. The lowest BCUT2D eigenvalue weighted by Crippen LogP contribution is -2.24. The number of allylic oxidation sites excluding steroid dienone is 1. The number of nitrogens with zero attached hydrogens (tertiary/aromatic N) is 1. The van der Waals surface area contributed by atoms with Crippen molar-refractivity contribution >= 4 is 23.6 Å². The Kier molecular flexibility index (Phi) is 5.49. The fraction of sp³-hybridized carbons (Fsp3) is 0.182. The van der Waals surface area contributed by atoms with Gasteiger partial charge >= 0.3 is 5.97 Å². The molecule has 0 saturated heterocycles. The molecule has 0 fully saturated rings. The first-order valence-electron chi connectivity index (χ1n) is 8.64. The van der Waals surface area contributed by atoms with Gasteiger partial charge in [-0.25, -0.2) is 4.79 Å². The first-order chi connectivity index (χ1) is 13.5. The van der Waals surface area contributed by atoms with Crippen LogP contribution in [0, 0.1) is 0 Å². The molecule has 0 bridgehead atoms. The maximum atomic E-state index is 13.2. The van der Waals surface area contributed by atoms with Crippen LogP contribution in [-0.2, 0) is 14.3 Å². The fourth-order valence-electron chi connectivity index (χ4n) is 3.14. The monoisotopic (exact) mass is 379 g/mol. The van der Waals surface area contributed by atoms with Crippen molar-refractivity contribution in [3.63, 3.8) is 0 Å². The third kappa shape index (κ3) is 3.49. The van der Waals surface area contributed by atoms with Crippen LogP contribution in [0.4, 0.5) is 5.69 Å². The number of esters is 1. The van der Waals surface area contributed by atoms with Crippen LogP contribution in [0.5, 0.6) is 11.5 Å². The minimum Gasteiger partial charge on any atom is -0.497 e. The van der Waals surface area contributed by atoms with E-state index in [2.05, 4.69) is 0 Å². The van der Waals surface area contributed by atoms with Crippen LogP contribution in [0.2, 0.25) is 0 Å². The number of amides is 1. The molecule has 0 aliphatic carbocycles. The van der Waals surface area contributed by atoms with E-state index in [9.17, 15) is 9.59 Å². The fourth-order valence-corrected chi connectivity index (χ4v) is 3.14. The number of benzene rings is 2. The quantitative estimate of drug-likeness (QED) is 0.587. The van der Waals surface area contributed by atoms with Gasteiger partial charge in [0.05, 0.1) is 38.2 Å². The van der Waals surface area contributed by atoms with Gasteiger partial charge in [0.2, 0.25) is 0 Å². The molecule has 6 heteroatoms. The summed E-state index contributed by atoms with van der Waals surface area (Å²) in [5, 5.41) is 0. The second-order valence-corrected chi connectivity index (χ2v) is 6.13. The highest BCUT2D eigenvalue weighted by Gasteiger charge is 2.38. The maximum Gasteiger partial charge on any atom is 0.340 e. The Morgan fingerprint density at radius 3 is 2.25 bits per heavy atom. The van der Waals surface area contributed by atoms with E-state index in [0.29, 0.717) is 22.9 Å². The molecule has 144 valence electrons. The van der Waals surface area contributed by atoms with Crippen molar-refractivity contribution in [2.45, 2.75) is 6.92 Å². The molecule has 2 aromatic carbocycles. The average molecular weight is 379 g/mol. The Hall–Kier alpha value is -3.54. The second-order valence-electron chi connectivity index (χ2n) is 6.13. The number of carbonyl (C=O) groups is 2. The predicted octanol–water partition coefficient (Wildman–Crippen LogP) is 3.58. The Morgan fingerprint density at radius 2 is 1.61 bits per heavy atom. The van der Waals surface area contributed by atoms with Crippen molar-refractivity contribution in [2.75, 3.05) is 26.2 Å². The lowest BCUT2D eigenvalue weighted by atomic mass is 10.0. The SMILES string of the molecule is COC(=O)C1=C(C)N(c2cccc(OC)c2)C(=O)/C1=C\c1cccc(OC)c1. The van der Waals surface area contributed by atoms with Crippen LogP contribution in [-0.4, -0.2) is 33.2 Å². The van der Waals surface area contributed by atoms with Crippen LogP contribution in [0.1, 0.15) is 12.5 Å². The van der Waals surface area contributed by atoms with Crippen LogP contribution in [0.25, 0.3) is 6.08 Å². The normalized spacial score (nSPS) is 15.2. The smallest absolute Gasteiger partial charge is 0.340 e. The summed E-state index contributed by atoms with van der Waals surface area (Å²) in [6.45, 7) is 1.72. The number of carbonyl (C=O) groups excluding carboxylic acids is 2. The molecule has 0 unspecified atom stereocenters. The molecular formula is C22H21NO5. The number of methoxy groups -OCH3 is 3. The first kappa shape index (κ1) is 19.2. The standard InChI is InChI=1S/C22H21NO5/c1-14-20(22(25)28-4)19(12-15-7-5-9-17(11-15)26-2)21(24)23(14)16-8-6-10-18(13-16)27-3/h5-13H,1-4H3/b19-12-. The zero-order valence-electron chi connectivity index (χ0n) is 16.2. The summed E-state index contributed by atoms with van der Waals surface area (Å²) >= 11 is 0. The molecule has 1 heterocycles. The van der Waals surface area contributed by atoms with Crippen molar-refractivity contribution < 1.29 is 23.8 Å². The van der Waals surface area contributed by atoms with Crippen molar-refractivity contribution in [1.82, 2.24) is 0 Å². The molecule has 0 atom stereocenters. The molecule has 1 amide bonds. The van der Waals surface area contributed by atoms with Crippen molar-refractivity contribution in [2.24, 2.45) is 0 Å². The summed E-state index contributed by atoms with van der Waals surface area (Å²) in [6, 6.07) is 14.4. The van der Waals surface area contributed by atoms with Crippen LogP contribution in [0.3, 0.4) is 0 Å². The molecule has 6 nitrogen and oxygen atoms in total. The Bertz CT molecular complexity index is 990. The summed E-state index contributed by atoms with van der Waals surface area (Å²) in [4.78, 5) is 27.2. The maximum absolute atomic E-state index is 13.2. The molecule has 2 aromatic rings. The van der Waals surface area contributed by atoms with Gasteiger partial charge in [-0.15, -0.1) is 0 Å². The number of hydrogen-bond donors (Lipinski definition) is 0. The van der Waals surface area contributed by atoms with Gasteiger partial charge in [-0.3, -0.25) is 9.69 Å². The van der Waals surface area contributed by atoms with E-state index in [1.165, 1.54) is 12.0 Å². The largest absolute Gasteiger partial charge is 0.497 e. The van der Waals surface area contributed by atoms with E-state index in [4.69, 9.17) is 14.2 Å². The highest BCUT2D eigenvalue weighted by atomic mass is 16.5. The number of hydrogen-bond acceptors (Lipinski definition) is 5. The van der Waals surface area contributed by atoms with Gasteiger partial charge in [0.1, 0.15) is 11.5 Å². The van der Waals surface area contributed by atoms with Gasteiger partial charge in [0.15, 0.2) is 0 Å². The lowest BCUT2D eigenvalue weighted by molar-refractivity contribution is -0.136. The molecule has 3 rings (SSSR count). The van der Waals surface area contributed by atoms with Crippen LogP contribution < -0.4 is 14.4 Å². The minimum absolute atomic E-state index is 0.234. The first-order valence-corrected chi connectivity index (χ1v) is 8.64. The Balaban J connectivity index is 2.13. The van der Waals surface area contributed by atoms with Crippen molar-refractivity contribution in [1.29, 1.82) is 0 Å². The van der Waals surface area contributed by atoms with E-state index in [-0.39, 0.29) is 17.1 Å². The number of anilines is 1. The van der Waals surface area contributed by atoms with Crippen LogP contribution in [0.15, 0.2) is 65.4 Å². The molecule has 28 heavy (non-hydrogen) atoms.